The van der Waals surface area contributed by atoms with Crippen molar-refractivity contribution < 1.29 is 9.72 Å². The summed E-state index contributed by atoms with van der Waals surface area (Å²) in [6, 6.07) is 35.6. The Labute approximate surface area is 222 Å². The summed E-state index contributed by atoms with van der Waals surface area (Å²) < 4.78 is 2.99. The largest absolute Gasteiger partial charge is 0.309 e. The van der Waals surface area contributed by atoms with Crippen molar-refractivity contribution in [3.8, 4) is 28.2 Å². The summed E-state index contributed by atoms with van der Waals surface area (Å²) in [6.45, 7) is 0. The second kappa shape index (κ2) is 10.6. The van der Waals surface area contributed by atoms with Crippen molar-refractivity contribution in [2.24, 2.45) is 0 Å². The van der Waals surface area contributed by atoms with E-state index in [4.69, 9.17) is 0 Å². The maximum absolute atomic E-state index is 12.9. The lowest BCUT2D eigenvalue weighted by Crippen LogP contribution is -2.00. The number of non-ortho nitro benzene ring substituents is 1. The van der Waals surface area contributed by atoms with E-state index in [0.29, 0.717) is 5.56 Å². The van der Waals surface area contributed by atoms with Gasteiger partial charge in [-0.3, -0.25) is 14.9 Å². The zero-order valence-electron chi connectivity index (χ0n) is 19.6. The topological polar surface area (TPSA) is 65.1 Å². The molecule has 180 valence electrons. The Morgan fingerprint density at radius 2 is 1.38 bits per heavy atom. The molecule has 0 aliphatic heterocycles. The van der Waals surface area contributed by atoms with Gasteiger partial charge in [-0.05, 0) is 65.7 Å². The molecule has 0 amide bonds. The number of allylic oxidation sites excluding steroid dienone is 1. The Morgan fingerprint density at radius 3 is 1.97 bits per heavy atom. The number of rotatable bonds is 7. The van der Waals surface area contributed by atoms with E-state index in [-0.39, 0.29) is 11.5 Å². The molecule has 0 unspecified atom stereocenters. The van der Waals surface area contributed by atoms with E-state index < -0.39 is 4.92 Å². The van der Waals surface area contributed by atoms with Crippen LogP contribution in [0.25, 0.3) is 34.3 Å². The van der Waals surface area contributed by atoms with Gasteiger partial charge in [-0.2, -0.15) is 0 Å². The second-order valence-electron chi connectivity index (χ2n) is 8.38. The molecule has 1 aromatic heterocycles. The Morgan fingerprint density at radius 1 is 0.784 bits per heavy atom. The highest BCUT2D eigenvalue weighted by Gasteiger charge is 2.19. The van der Waals surface area contributed by atoms with E-state index in [2.05, 4.69) is 20.5 Å². The highest BCUT2D eigenvalue weighted by atomic mass is 79.9. The molecule has 0 fully saturated rings. The minimum absolute atomic E-state index is 0.0265. The Kier molecular flexibility index (Phi) is 6.92. The van der Waals surface area contributed by atoms with Gasteiger partial charge in [0, 0.05) is 33.4 Å². The molecule has 4 aromatic carbocycles. The third-order valence-electron chi connectivity index (χ3n) is 6.01. The molecule has 37 heavy (non-hydrogen) atoms. The molecular weight excluding hydrogens is 528 g/mol. The van der Waals surface area contributed by atoms with E-state index in [1.165, 1.54) is 12.1 Å². The highest BCUT2D eigenvalue weighted by molar-refractivity contribution is 9.10. The fraction of sp³-hybridized carbons (Fsp3) is 0. The van der Waals surface area contributed by atoms with Crippen LogP contribution in [0.4, 0.5) is 5.69 Å². The van der Waals surface area contributed by atoms with Crippen molar-refractivity contribution in [1.29, 1.82) is 0 Å². The minimum atomic E-state index is -0.405. The molecule has 0 saturated heterocycles. The number of hydrogen-bond acceptors (Lipinski definition) is 3. The molecule has 0 bridgehead atoms. The number of halogens is 1. The average Bonchev–Trinajstić information content (AvgIpc) is 3.32. The van der Waals surface area contributed by atoms with Crippen LogP contribution in [0.1, 0.15) is 15.9 Å². The van der Waals surface area contributed by atoms with Gasteiger partial charge in [0.2, 0.25) is 0 Å². The molecule has 0 aliphatic rings. The first-order valence-electron chi connectivity index (χ1n) is 11.6. The maximum atomic E-state index is 12.9. The summed E-state index contributed by atoms with van der Waals surface area (Å²) in [5, 5.41) is 11.3. The molecule has 0 atom stereocenters. The second-order valence-corrected chi connectivity index (χ2v) is 9.29. The van der Waals surface area contributed by atoms with E-state index in [0.717, 1.165) is 38.2 Å². The van der Waals surface area contributed by atoms with Crippen molar-refractivity contribution in [3.05, 3.63) is 147 Å². The van der Waals surface area contributed by atoms with Gasteiger partial charge in [0.25, 0.3) is 5.69 Å². The summed E-state index contributed by atoms with van der Waals surface area (Å²) in [7, 11) is 0. The number of aromatic nitrogens is 1. The third kappa shape index (κ3) is 5.20. The average molecular weight is 549 g/mol. The molecule has 0 radical (unpaired) electrons. The molecule has 6 heteroatoms. The van der Waals surface area contributed by atoms with Crippen LogP contribution in [0.3, 0.4) is 0 Å². The number of benzene rings is 4. The van der Waals surface area contributed by atoms with Gasteiger partial charge < -0.3 is 4.57 Å². The van der Waals surface area contributed by atoms with Gasteiger partial charge in [0.1, 0.15) is 0 Å². The van der Waals surface area contributed by atoms with Crippen LogP contribution in [0.5, 0.6) is 0 Å². The first-order chi connectivity index (χ1) is 18.0. The molecule has 0 saturated carbocycles. The van der Waals surface area contributed by atoms with Crippen LogP contribution in [-0.2, 0) is 0 Å². The van der Waals surface area contributed by atoms with Crippen LogP contribution in [0.15, 0.2) is 126 Å². The number of nitrogens with zero attached hydrogens (tertiary/aromatic N) is 2. The van der Waals surface area contributed by atoms with Crippen LogP contribution >= 0.6 is 15.9 Å². The van der Waals surface area contributed by atoms with E-state index in [9.17, 15) is 14.9 Å². The summed E-state index contributed by atoms with van der Waals surface area (Å²) in [4.78, 5) is 23.8. The highest BCUT2D eigenvalue weighted by Crippen LogP contribution is 2.37. The van der Waals surface area contributed by atoms with E-state index in [1.807, 2.05) is 84.9 Å². The fourth-order valence-corrected chi connectivity index (χ4v) is 4.50. The molecule has 0 N–H and O–H groups in total. The first kappa shape index (κ1) is 24.2. The van der Waals surface area contributed by atoms with Crippen molar-refractivity contribution in [3.63, 3.8) is 0 Å². The predicted octanol–water partition coefficient (Wildman–Crippen LogP) is 8.38. The molecular formula is C31H21BrN2O3. The number of carbonyl (C=O) groups excluding carboxylic acids is 1. The minimum Gasteiger partial charge on any atom is -0.309 e. The van der Waals surface area contributed by atoms with Crippen molar-refractivity contribution in [1.82, 2.24) is 4.57 Å². The summed E-state index contributed by atoms with van der Waals surface area (Å²) >= 11 is 3.40. The molecule has 5 aromatic rings. The molecule has 1 heterocycles. The van der Waals surface area contributed by atoms with E-state index >= 15 is 0 Å². The SMILES string of the molecule is O=C(/C=C\c1cc(-c2ccccc2)n(-c2ccc([N+](=O)[O-])cc2)c1-c1ccccc1)c1ccc(Br)cc1. The van der Waals surface area contributed by atoms with Gasteiger partial charge in [0.05, 0.1) is 16.3 Å². The number of nitro benzene ring substituents is 1. The quantitative estimate of drug-likeness (QED) is 0.0887. The Hall–Kier alpha value is -4.55. The lowest BCUT2D eigenvalue weighted by atomic mass is 10.1. The van der Waals surface area contributed by atoms with Crippen molar-refractivity contribution >= 4 is 33.5 Å². The number of carbonyl (C=O) groups is 1. The number of nitro groups is 1. The van der Waals surface area contributed by atoms with Gasteiger partial charge in [-0.1, -0.05) is 76.6 Å². The first-order valence-corrected chi connectivity index (χ1v) is 12.4. The fourth-order valence-electron chi connectivity index (χ4n) is 4.24. The zero-order valence-corrected chi connectivity index (χ0v) is 21.2. The van der Waals surface area contributed by atoms with Gasteiger partial charge >= 0.3 is 0 Å². The van der Waals surface area contributed by atoms with Gasteiger partial charge in [-0.25, -0.2) is 0 Å². The lowest BCUT2D eigenvalue weighted by molar-refractivity contribution is -0.384. The summed E-state index contributed by atoms with van der Waals surface area (Å²) in [5.41, 5.74) is 5.99. The van der Waals surface area contributed by atoms with Gasteiger partial charge in [0.15, 0.2) is 5.78 Å². The predicted molar refractivity (Wildman–Crippen MR) is 151 cm³/mol. The van der Waals surface area contributed by atoms with Crippen LogP contribution in [-0.4, -0.2) is 15.3 Å². The molecule has 0 aliphatic carbocycles. The normalized spacial score (nSPS) is 11.1. The molecule has 5 nitrogen and oxygen atoms in total. The summed E-state index contributed by atoms with van der Waals surface area (Å²) in [6.07, 6.45) is 3.42. The molecule has 0 spiro atoms. The third-order valence-corrected chi connectivity index (χ3v) is 6.54. The standard InChI is InChI=1S/C31H21BrN2O3/c32-26-14-11-23(12-15-26)30(35)20-13-25-21-29(22-7-3-1-4-8-22)33(31(25)24-9-5-2-6-10-24)27-16-18-28(19-17-27)34(36)37/h1-21H/b20-13-. The van der Waals surface area contributed by atoms with Crippen LogP contribution < -0.4 is 0 Å². The Balaban J connectivity index is 1.71. The smallest absolute Gasteiger partial charge is 0.269 e. The van der Waals surface area contributed by atoms with Crippen molar-refractivity contribution in [2.45, 2.75) is 0 Å². The Bertz CT molecular complexity index is 1590. The van der Waals surface area contributed by atoms with Crippen LogP contribution in [0.2, 0.25) is 0 Å². The molecule has 5 rings (SSSR count). The lowest BCUT2D eigenvalue weighted by Gasteiger charge is -2.15. The zero-order chi connectivity index (χ0) is 25.8. The summed E-state index contributed by atoms with van der Waals surface area (Å²) in [5.74, 6) is -0.101. The van der Waals surface area contributed by atoms with Crippen molar-refractivity contribution in [2.75, 3.05) is 0 Å². The van der Waals surface area contributed by atoms with Gasteiger partial charge in [-0.15, -0.1) is 0 Å². The number of hydrogen-bond donors (Lipinski definition) is 0. The van der Waals surface area contributed by atoms with Crippen LogP contribution in [0, 0.1) is 10.1 Å². The monoisotopic (exact) mass is 548 g/mol. The maximum Gasteiger partial charge on any atom is 0.269 e. The number of ketones is 1. The van der Waals surface area contributed by atoms with E-state index in [1.54, 1.807) is 30.3 Å².